The van der Waals surface area contributed by atoms with E-state index in [0.717, 1.165) is 18.5 Å². The van der Waals surface area contributed by atoms with Crippen LogP contribution in [-0.2, 0) is 11.2 Å². The number of imidazole rings is 1. The zero-order chi connectivity index (χ0) is 13.4. The smallest absolute Gasteiger partial charge is 0.312 e. The molecule has 1 aliphatic carbocycles. The molecule has 1 heterocycles. The average Bonchev–Trinajstić information content (AvgIpc) is 2.82. The highest BCUT2D eigenvalue weighted by atomic mass is 19.1. The van der Waals surface area contributed by atoms with Gasteiger partial charge in [0.1, 0.15) is 17.6 Å². The predicted molar refractivity (Wildman–Crippen MR) is 67.3 cm³/mol. The first kappa shape index (κ1) is 11.9. The molecule has 19 heavy (non-hydrogen) atoms. The highest BCUT2D eigenvalue weighted by molar-refractivity contribution is 5.76. The first-order valence-electron chi connectivity index (χ1n) is 6.23. The van der Waals surface area contributed by atoms with Crippen molar-refractivity contribution in [2.75, 3.05) is 0 Å². The van der Waals surface area contributed by atoms with Crippen LogP contribution in [0.5, 0.6) is 0 Å². The van der Waals surface area contributed by atoms with Crippen molar-refractivity contribution >= 4 is 5.97 Å². The maximum absolute atomic E-state index is 13.7. The average molecular weight is 260 g/mol. The molecule has 1 aliphatic rings. The third kappa shape index (κ3) is 2.01. The molecule has 0 amide bonds. The number of fused-ring (bicyclic) bond motifs is 1. The van der Waals surface area contributed by atoms with Gasteiger partial charge in [0, 0.05) is 5.69 Å². The molecular formula is C14H13FN2O2. The number of carbonyl (C=O) groups is 1. The molecule has 0 spiro atoms. The monoisotopic (exact) mass is 260 g/mol. The van der Waals surface area contributed by atoms with E-state index < -0.39 is 11.9 Å². The molecule has 1 aromatic heterocycles. The third-order valence-electron chi connectivity index (χ3n) is 3.49. The molecule has 0 aliphatic heterocycles. The Morgan fingerprint density at radius 1 is 1.42 bits per heavy atom. The summed E-state index contributed by atoms with van der Waals surface area (Å²) in [5, 5.41) is 9.19. The summed E-state index contributed by atoms with van der Waals surface area (Å²) in [5.41, 5.74) is 1.75. The lowest BCUT2D eigenvalue weighted by Crippen LogP contribution is -2.17. The number of nitrogens with zero attached hydrogens (tertiary/aromatic N) is 1. The molecule has 0 saturated carbocycles. The van der Waals surface area contributed by atoms with Gasteiger partial charge in [-0.2, -0.15) is 0 Å². The fraction of sp³-hybridized carbons (Fsp3) is 0.286. The highest BCUT2D eigenvalue weighted by Crippen LogP contribution is 2.32. The molecule has 3 rings (SSSR count). The van der Waals surface area contributed by atoms with Crippen molar-refractivity contribution in [3.05, 3.63) is 41.5 Å². The van der Waals surface area contributed by atoms with Crippen molar-refractivity contribution in [1.29, 1.82) is 0 Å². The van der Waals surface area contributed by atoms with Crippen LogP contribution in [0.3, 0.4) is 0 Å². The van der Waals surface area contributed by atoms with Crippen molar-refractivity contribution < 1.29 is 14.3 Å². The lowest BCUT2D eigenvalue weighted by molar-refractivity contribution is -0.139. The van der Waals surface area contributed by atoms with Crippen molar-refractivity contribution in [2.24, 2.45) is 0 Å². The molecule has 1 aromatic carbocycles. The van der Waals surface area contributed by atoms with E-state index in [-0.39, 0.29) is 5.82 Å². The molecule has 0 saturated heterocycles. The number of carboxylic acid groups (broad SMARTS) is 1. The summed E-state index contributed by atoms with van der Waals surface area (Å²) >= 11 is 0. The number of rotatable bonds is 2. The Morgan fingerprint density at radius 3 is 2.95 bits per heavy atom. The summed E-state index contributed by atoms with van der Waals surface area (Å²) in [7, 11) is 0. The van der Waals surface area contributed by atoms with Gasteiger partial charge in [0.25, 0.3) is 0 Å². The van der Waals surface area contributed by atoms with Crippen LogP contribution in [0.25, 0.3) is 11.4 Å². The summed E-state index contributed by atoms with van der Waals surface area (Å²) in [6.07, 6.45) is 2.16. The zero-order valence-corrected chi connectivity index (χ0v) is 10.2. The van der Waals surface area contributed by atoms with Gasteiger partial charge in [-0.1, -0.05) is 12.1 Å². The number of aromatic nitrogens is 2. The molecule has 1 unspecified atom stereocenters. The van der Waals surface area contributed by atoms with Crippen LogP contribution in [0.1, 0.15) is 30.1 Å². The standard InChI is InChI=1S/C14H13FN2O2/c15-10-6-2-1-4-8(10)13-16-11-7-3-5-9(14(18)19)12(11)17-13/h1-2,4,6,9H,3,5,7H2,(H,16,17)(H,18,19). The van der Waals surface area contributed by atoms with E-state index in [1.54, 1.807) is 18.2 Å². The van der Waals surface area contributed by atoms with E-state index in [1.807, 2.05) is 0 Å². The number of aliphatic carboxylic acids is 1. The minimum absolute atomic E-state index is 0.361. The first-order valence-corrected chi connectivity index (χ1v) is 6.23. The van der Waals surface area contributed by atoms with Gasteiger partial charge in [0.05, 0.1) is 11.3 Å². The van der Waals surface area contributed by atoms with E-state index in [9.17, 15) is 14.3 Å². The van der Waals surface area contributed by atoms with E-state index >= 15 is 0 Å². The van der Waals surface area contributed by atoms with Crippen LogP contribution in [0, 0.1) is 5.82 Å². The number of carboxylic acids is 1. The SMILES string of the molecule is O=C(O)C1CCCc2[nH]c(-c3ccccc3F)nc21. The number of aromatic amines is 1. The first-order chi connectivity index (χ1) is 9.16. The molecule has 0 radical (unpaired) electrons. The van der Waals surface area contributed by atoms with Crippen molar-refractivity contribution in [3.63, 3.8) is 0 Å². The van der Waals surface area contributed by atoms with Gasteiger partial charge >= 0.3 is 5.97 Å². The second kappa shape index (κ2) is 4.50. The third-order valence-corrected chi connectivity index (χ3v) is 3.49. The van der Waals surface area contributed by atoms with E-state index in [2.05, 4.69) is 9.97 Å². The fourth-order valence-corrected chi connectivity index (χ4v) is 2.54. The topological polar surface area (TPSA) is 66.0 Å². The number of hydrogen-bond acceptors (Lipinski definition) is 2. The number of nitrogens with one attached hydrogen (secondary N) is 1. The van der Waals surface area contributed by atoms with Crippen LogP contribution < -0.4 is 0 Å². The quantitative estimate of drug-likeness (QED) is 0.872. The summed E-state index contributed by atoms with van der Waals surface area (Å²) in [6.45, 7) is 0. The Morgan fingerprint density at radius 2 is 2.21 bits per heavy atom. The Hall–Kier alpha value is -2.17. The zero-order valence-electron chi connectivity index (χ0n) is 10.2. The van der Waals surface area contributed by atoms with Gasteiger partial charge in [0.2, 0.25) is 0 Å². The lowest BCUT2D eigenvalue weighted by atomic mass is 9.90. The highest BCUT2D eigenvalue weighted by Gasteiger charge is 2.30. The second-order valence-corrected chi connectivity index (χ2v) is 4.71. The number of benzene rings is 1. The van der Waals surface area contributed by atoms with Crippen molar-refractivity contribution in [1.82, 2.24) is 9.97 Å². The van der Waals surface area contributed by atoms with E-state index in [1.165, 1.54) is 6.07 Å². The Kier molecular flexibility index (Phi) is 2.81. The van der Waals surface area contributed by atoms with Crippen LogP contribution >= 0.6 is 0 Å². The van der Waals surface area contributed by atoms with Gasteiger partial charge < -0.3 is 10.1 Å². The molecule has 5 heteroatoms. The number of hydrogen-bond donors (Lipinski definition) is 2. The second-order valence-electron chi connectivity index (χ2n) is 4.71. The summed E-state index contributed by atoms with van der Waals surface area (Å²) in [5.74, 6) is -1.40. The number of H-pyrrole nitrogens is 1. The predicted octanol–water partition coefficient (Wildman–Crippen LogP) is 2.72. The van der Waals surface area contributed by atoms with Crippen LogP contribution in [-0.4, -0.2) is 21.0 Å². The molecule has 0 fully saturated rings. The maximum Gasteiger partial charge on any atom is 0.312 e. The molecule has 4 nitrogen and oxygen atoms in total. The molecule has 98 valence electrons. The van der Waals surface area contributed by atoms with Crippen LogP contribution in [0.4, 0.5) is 4.39 Å². The number of halogens is 1. The van der Waals surface area contributed by atoms with Gasteiger partial charge in [0.15, 0.2) is 0 Å². The minimum atomic E-state index is -0.868. The van der Waals surface area contributed by atoms with Crippen molar-refractivity contribution in [3.8, 4) is 11.4 Å². The molecule has 2 aromatic rings. The molecule has 1 atom stereocenters. The Balaban J connectivity index is 2.07. The minimum Gasteiger partial charge on any atom is -0.481 e. The lowest BCUT2D eigenvalue weighted by Gasteiger charge is -2.16. The van der Waals surface area contributed by atoms with Crippen LogP contribution in [0.2, 0.25) is 0 Å². The molecule has 0 bridgehead atoms. The normalized spacial score (nSPS) is 18.1. The number of aryl methyl sites for hydroxylation is 1. The van der Waals surface area contributed by atoms with Gasteiger partial charge in [-0.25, -0.2) is 9.37 Å². The van der Waals surface area contributed by atoms with Gasteiger partial charge in [-0.3, -0.25) is 4.79 Å². The van der Waals surface area contributed by atoms with Gasteiger partial charge in [-0.15, -0.1) is 0 Å². The Labute approximate surface area is 109 Å². The van der Waals surface area contributed by atoms with E-state index in [4.69, 9.17) is 0 Å². The molecule has 2 N–H and O–H groups in total. The van der Waals surface area contributed by atoms with Crippen LogP contribution in [0.15, 0.2) is 24.3 Å². The Bertz CT molecular complexity index is 636. The summed E-state index contributed by atoms with van der Waals surface area (Å²) in [4.78, 5) is 18.6. The maximum atomic E-state index is 13.7. The fourth-order valence-electron chi connectivity index (χ4n) is 2.54. The summed E-state index contributed by atoms with van der Waals surface area (Å²) in [6, 6.07) is 6.34. The van der Waals surface area contributed by atoms with E-state index in [0.29, 0.717) is 23.5 Å². The van der Waals surface area contributed by atoms with Crippen molar-refractivity contribution in [2.45, 2.75) is 25.2 Å². The van der Waals surface area contributed by atoms with Gasteiger partial charge in [-0.05, 0) is 31.4 Å². The molecular weight excluding hydrogens is 247 g/mol. The largest absolute Gasteiger partial charge is 0.481 e. The summed E-state index contributed by atoms with van der Waals surface area (Å²) < 4.78 is 13.7.